The van der Waals surface area contributed by atoms with E-state index in [1.807, 2.05) is 12.2 Å². The van der Waals surface area contributed by atoms with Gasteiger partial charge < -0.3 is 24.2 Å². The van der Waals surface area contributed by atoms with Crippen molar-refractivity contribution < 1.29 is 52.2 Å². The van der Waals surface area contributed by atoms with Gasteiger partial charge in [-0.1, -0.05) is 253 Å². The van der Waals surface area contributed by atoms with E-state index in [0.29, 0.717) is 19.3 Å². The van der Waals surface area contributed by atoms with Crippen LogP contribution in [0.4, 0.5) is 0 Å². The number of phosphoric ester groups is 1. The highest BCUT2D eigenvalue weighted by atomic mass is 31.2. The summed E-state index contributed by atoms with van der Waals surface area (Å²) in [5, 5.41) is 9.84. The van der Waals surface area contributed by atoms with E-state index in [0.717, 1.165) is 96.3 Å². The number of carbonyl (C=O) groups excluding carboxylic acids is 3. The van der Waals surface area contributed by atoms with Gasteiger partial charge in [0.1, 0.15) is 12.7 Å². The fourth-order valence-corrected chi connectivity index (χ4v) is 9.08. The Morgan fingerprint density at radius 3 is 1.10 bits per heavy atom. The van der Waals surface area contributed by atoms with Gasteiger partial charge in [-0.15, -0.1) is 0 Å². The van der Waals surface area contributed by atoms with Crippen molar-refractivity contribution in [2.75, 3.05) is 26.4 Å². The Bertz CT molecular complexity index is 1680. The molecule has 0 aliphatic rings. The van der Waals surface area contributed by atoms with Crippen LogP contribution in [-0.2, 0) is 42.2 Å². The van der Waals surface area contributed by atoms with Crippen molar-refractivity contribution in [3.05, 3.63) is 97.2 Å². The van der Waals surface area contributed by atoms with E-state index in [9.17, 15) is 28.9 Å². The van der Waals surface area contributed by atoms with Crippen molar-refractivity contribution in [1.29, 1.82) is 0 Å². The highest BCUT2D eigenvalue weighted by molar-refractivity contribution is 7.47. The lowest BCUT2D eigenvalue weighted by Crippen LogP contribution is -2.30. The Labute approximate surface area is 476 Å². The molecule has 0 saturated heterocycles. The van der Waals surface area contributed by atoms with Crippen LogP contribution in [0.1, 0.15) is 265 Å². The van der Waals surface area contributed by atoms with Crippen LogP contribution >= 0.6 is 7.82 Å². The Morgan fingerprint density at radius 1 is 0.372 bits per heavy atom. The molecule has 0 aliphatic heterocycles. The van der Waals surface area contributed by atoms with Gasteiger partial charge in [-0.2, -0.15) is 0 Å². The van der Waals surface area contributed by atoms with Gasteiger partial charge in [0.15, 0.2) is 6.10 Å². The highest BCUT2D eigenvalue weighted by Crippen LogP contribution is 2.43. The Hall–Kier alpha value is -3.60. The van der Waals surface area contributed by atoms with Gasteiger partial charge in [-0.25, -0.2) is 4.57 Å². The number of esters is 3. The fourth-order valence-electron chi connectivity index (χ4n) is 8.30. The third kappa shape index (κ3) is 57.1. The van der Waals surface area contributed by atoms with Crippen molar-refractivity contribution in [2.24, 2.45) is 0 Å². The normalized spacial score (nSPS) is 14.0. The van der Waals surface area contributed by atoms with Gasteiger partial charge in [0, 0.05) is 19.3 Å². The van der Waals surface area contributed by atoms with Crippen molar-refractivity contribution in [2.45, 2.75) is 277 Å². The lowest BCUT2D eigenvalue weighted by atomic mass is 10.0. The molecule has 0 saturated carbocycles. The predicted molar refractivity (Wildman–Crippen MR) is 325 cm³/mol. The zero-order chi connectivity index (χ0) is 56.9. The third-order valence-corrected chi connectivity index (χ3v) is 14.0. The molecule has 12 heteroatoms. The van der Waals surface area contributed by atoms with Gasteiger partial charge in [0.05, 0.1) is 19.8 Å². The first-order valence-electron chi connectivity index (χ1n) is 31.1. The van der Waals surface area contributed by atoms with Crippen molar-refractivity contribution in [3.8, 4) is 0 Å². The van der Waals surface area contributed by atoms with E-state index in [2.05, 4.69) is 106 Å². The SMILES string of the molecule is CC/C=C\C/C=C\C/C=C\C/C=C\C/C=C\C/C=C\CCC(=O)OCC(COP(=O)(O)OCC(CO)OC(=O)CCCCCCCCCCCCCCCCC)OC(=O)CCCCCCCCC/C=C\C/C=C\CCCCC. The molecule has 0 aromatic carbocycles. The fraction of sp³-hybridized carbons (Fsp3) is 0.712. The van der Waals surface area contributed by atoms with Gasteiger partial charge in [-0.3, -0.25) is 23.4 Å². The van der Waals surface area contributed by atoms with Crippen molar-refractivity contribution in [3.63, 3.8) is 0 Å². The van der Waals surface area contributed by atoms with Crippen LogP contribution in [0.5, 0.6) is 0 Å². The van der Waals surface area contributed by atoms with Crippen LogP contribution in [0.25, 0.3) is 0 Å². The van der Waals surface area contributed by atoms with Crippen LogP contribution < -0.4 is 0 Å². The number of aliphatic hydroxyl groups is 1. The number of aliphatic hydroxyl groups excluding tert-OH is 1. The molecule has 0 amide bonds. The second kappa shape index (κ2) is 59.5. The number of rotatable bonds is 57. The molecule has 3 atom stereocenters. The molecule has 2 N–H and O–H groups in total. The monoisotopic (exact) mass is 1110 g/mol. The highest BCUT2D eigenvalue weighted by Gasteiger charge is 2.28. The summed E-state index contributed by atoms with van der Waals surface area (Å²) in [5.74, 6) is -1.57. The minimum absolute atomic E-state index is 0.0968. The molecule has 0 fully saturated rings. The predicted octanol–water partition coefficient (Wildman–Crippen LogP) is 18.8. The van der Waals surface area contributed by atoms with Crippen LogP contribution in [0.2, 0.25) is 0 Å². The maximum Gasteiger partial charge on any atom is 0.472 e. The molecule has 0 aliphatic carbocycles. The molecular weight excluding hydrogens is 1000 g/mol. The number of ether oxygens (including phenoxy) is 3. The maximum absolute atomic E-state index is 12.9. The van der Waals surface area contributed by atoms with E-state index in [1.165, 1.54) is 109 Å². The van der Waals surface area contributed by atoms with E-state index in [-0.39, 0.29) is 25.9 Å². The largest absolute Gasteiger partial charge is 0.472 e. The van der Waals surface area contributed by atoms with E-state index < -0.39 is 57.8 Å². The molecule has 0 rings (SSSR count). The number of hydrogen-bond acceptors (Lipinski definition) is 10. The average Bonchev–Trinajstić information content (AvgIpc) is 3.43. The summed E-state index contributed by atoms with van der Waals surface area (Å²) in [7, 11) is -4.77. The zero-order valence-corrected chi connectivity index (χ0v) is 50.5. The van der Waals surface area contributed by atoms with Crippen LogP contribution in [0.15, 0.2) is 97.2 Å². The molecule has 11 nitrogen and oxygen atoms in total. The number of unbranched alkanes of at least 4 members (excludes halogenated alkanes) is 24. The summed E-state index contributed by atoms with van der Waals surface area (Å²) in [6.07, 6.45) is 70.8. The number of carbonyl (C=O) groups is 3. The van der Waals surface area contributed by atoms with E-state index >= 15 is 0 Å². The number of phosphoric acid groups is 1. The van der Waals surface area contributed by atoms with E-state index in [1.54, 1.807) is 0 Å². The first-order valence-corrected chi connectivity index (χ1v) is 32.6. The summed E-state index contributed by atoms with van der Waals surface area (Å²) in [4.78, 5) is 48.7. The summed E-state index contributed by atoms with van der Waals surface area (Å²) in [5.41, 5.74) is 0. The molecule has 3 unspecified atom stereocenters. The standard InChI is InChI=1S/C66H113O11P/c1-4-7-10-13-16-19-22-25-28-30-31-33-35-37-40-43-46-49-52-55-64(68)73-59-63(77-66(70)57-54-51-48-45-42-39-36-32-29-26-23-20-17-14-11-8-5-2)61-75-78(71,72)74-60-62(58-67)76-65(69)56-53-50-47-44-41-38-34-27-24-21-18-15-12-9-6-3/h7,10,16-17,19-20,25-26,28-29,31,33,37,40,46,49,62-63,67H,4-6,8-9,11-15,18,21-24,27,30,32,34-36,38-39,41-45,47-48,50-61H2,1-3H3,(H,71,72)/b10-7-,19-16-,20-17-,28-25-,29-26-,33-31-,40-37-,49-46-. The van der Waals surface area contributed by atoms with Crippen LogP contribution in [0, 0.1) is 0 Å². The first-order chi connectivity index (χ1) is 38.2. The lowest BCUT2D eigenvalue weighted by molar-refractivity contribution is -0.161. The quantitative estimate of drug-likeness (QED) is 0.0197. The topological polar surface area (TPSA) is 155 Å². The van der Waals surface area contributed by atoms with Crippen molar-refractivity contribution >= 4 is 25.7 Å². The summed E-state index contributed by atoms with van der Waals surface area (Å²) < 4.78 is 39.5. The van der Waals surface area contributed by atoms with Gasteiger partial charge in [0.25, 0.3) is 0 Å². The average molecular weight is 1110 g/mol. The molecule has 0 radical (unpaired) electrons. The maximum atomic E-state index is 12.9. The Morgan fingerprint density at radius 2 is 0.692 bits per heavy atom. The van der Waals surface area contributed by atoms with Crippen LogP contribution in [-0.4, -0.2) is 66.5 Å². The summed E-state index contributed by atoms with van der Waals surface area (Å²) >= 11 is 0. The second-order valence-electron chi connectivity index (χ2n) is 20.5. The molecule has 78 heavy (non-hydrogen) atoms. The lowest BCUT2D eigenvalue weighted by Gasteiger charge is -2.21. The minimum atomic E-state index is -4.77. The zero-order valence-electron chi connectivity index (χ0n) is 49.6. The minimum Gasteiger partial charge on any atom is -0.462 e. The van der Waals surface area contributed by atoms with Crippen molar-refractivity contribution in [1.82, 2.24) is 0 Å². The first kappa shape index (κ1) is 74.4. The smallest absolute Gasteiger partial charge is 0.462 e. The van der Waals surface area contributed by atoms with Gasteiger partial charge in [0.2, 0.25) is 0 Å². The third-order valence-electron chi connectivity index (χ3n) is 13.0. The number of allylic oxidation sites excluding steroid dienone is 16. The second-order valence-corrected chi connectivity index (χ2v) is 21.9. The molecule has 0 bridgehead atoms. The van der Waals surface area contributed by atoms with Crippen LogP contribution in [0.3, 0.4) is 0 Å². The van der Waals surface area contributed by atoms with Gasteiger partial charge in [-0.05, 0) is 89.9 Å². The molecule has 0 heterocycles. The van der Waals surface area contributed by atoms with E-state index in [4.69, 9.17) is 23.3 Å². The summed E-state index contributed by atoms with van der Waals surface area (Å²) in [6.45, 7) is 4.44. The van der Waals surface area contributed by atoms with Gasteiger partial charge >= 0.3 is 25.7 Å². The molecular formula is C66H113O11P. The Kier molecular flexibility index (Phi) is 56.8. The summed E-state index contributed by atoms with van der Waals surface area (Å²) in [6, 6.07) is 0. The molecule has 0 spiro atoms. The Balaban J connectivity index is 4.82. The molecule has 0 aromatic rings. The number of hydrogen-bond donors (Lipinski definition) is 2. The molecule has 0 aromatic heterocycles. The molecule has 448 valence electrons.